The number of hydrogen-bond acceptors (Lipinski definition) is 2. The SMILES string of the molecule is COCc1cccc2c1Cc1cn(C)nc1-2. The summed E-state index contributed by atoms with van der Waals surface area (Å²) in [6.07, 6.45) is 3.09. The Balaban J connectivity index is 2.14. The highest BCUT2D eigenvalue weighted by atomic mass is 16.5. The third-order valence-corrected chi connectivity index (χ3v) is 3.10. The summed E-state index contributed by atoms with van der Waals surface area (Å²) in [6.45, 7) is 0.680. The van der Waals surface area contributed by atoms with Crippen molar-refractivity contribution in [3.8, 4) is 11.3 Å². The zero-order chi connectivity index (χ0) is 11.1. The standard InChI is InChI=1S/C13H14N2O/c1-15-7-10-6-12-9(8-16-2)4-3-5-11(12)13(10)14-15/h3-5,7H,6,8H2,1-2H3. The van der Waals surface area contributed by atoms with E-state index in [0.717, 1.165) is 12.1 Å². The van der Waals surface area contributed by atoms with Gasteiger partial charge >= 0.3 is 0 Å². The van der Waals surface area contributed by atoms with E-state index in [0.29, 0.717) is 6.61 Å². The van der Waals surface area contributed by atoms with Crippen molar-refractivity contribution in [2.75, 3.05) is 7.11 Å². The third kappa shape index (κ3) is 1.28. The zero-order valence-corrected chi connectivity index (χ0v) is 9.53. The number of hydrogen-bond donors (Lipinski definition) is 0. The molecule has 2 aromatic rings. The minimum atomic E-state index is 0.680. The number of nitrogens with zero attached hydrogens (tertiary/aromatic N) is 2. The predicted octanol–water partition coefficient (Wildman–Crippen LogP) is 2.14. The molecule has 1 aliphatic carbocycles. The van der Waals surface area contributed by atoms with Crippen molar-refractivity contribution in [2.24, 2.45) is 7.05 Å². The van der Waals surface area contributed by atoms with Crippen LogP contribution in [0.4, 0.5) is 0 Å². The van der Waals surface area contributed by atoms with Crippen LogP contribution in [-0.4, -0.2) is 16.9 Å². The van der Waals surface area contributed by atoms with Crippen molar-refractivity contribution >= 4 is 0 Å². The van der Waals surface area contributed by atoms with Crippen molar-refractivity contribution < 1.29 is 4.74 Å². The zero-order valence-electron chi connectivity index (χ0n) is 9.53. The summed E-state index contributed by atoms with van der Waals surface area (Å²) in [5.74, 6) is 0. The van der Waals surface area contributed by atoms with E-state index < -0.39 is 0 Å². The second-order valence-electron chi connectivity index (χ2n) is 4.23. The maximum absolute atomic E-state index is 5.23. The Kier molecular flexibility index (Phi) is 2.07. The number of aromatic nitrogens is 2. The molecule has 1 aromatic heterocycles. The first kappa shape index (κ1) is 9.60. The second kappa shape index (κ2) is 3.46. The molecule has 0 atom stereocenters. The molecule has 82 valence electrons. The average molecular weight is 214 g/mol. The van der Waals surface area contributed by atoms with Gasteiger partial charge in [-0.2, -0.15) is 5.10 Å². The lowest BCUT2D eigenvalue weighted by molar-refractivity contribution is 0.184. The summed E-state index contributed by atoms with van der Waals surface area (Å²) in [5.41, 5.74) is 6.38. The number of fused-ring (bicyclic) bond motifs is 3. The predicted molar refractivity (Wildman–Crippen MR) is 62.2 cm³/mol. The van der Waals surface area contributed by atoms with Crippen LogP contribution in [0, 0.1) is 0 Å². The largest absolute Gasteiger partial charge is 0.380 e. The van der Waals surface area contributed by atoms with E-state index in [1.54, 1.807) is 7.11 Å². The molecule has 0 aliphatic heterocycles. The van der Waals surface area contributed by atoms with Crippen LogP contribution < -0.4 is 0 Å². The van der Waals surface area contributed by atoms with Crippen molar-refractivity contribution in [2.45, 2.75) is 13.0 Å². The molecule has 0 bridgehead atoms. The van der Waals surface area contributed by atoms with Crippen molar-refractivity contribution in [3.63, 3.8) is 0 Å². The molecule has 1 aliphatic rings. The first-order chi connectivity index (χ1) is 7.79. The van der Waals surface area contributed by atoms with Crippen LogP contribution in [0.3, 0.4) is 0 Å². The molecule has 3 rings (SSSR count). The van der Waals surface area contributed by atoms with E-state index in [1.807, 2.05) is 11.7 Å². The maximum atomic E-state index is 5.23. The molecule has 0 unspecified atom stereocenters. The lowest BCUT2D eigenvalue weighted by Crippen LogP contribution is -1.96. The summed E-state index contributed by atoms with van der Waals surface area (Å²) < 4.78 is 7.11. The quantitative estimate of drug-likeness (QED) is 0.653. The van der Waals surface area contributed by atoms with Crippen LogP contribution in [0.15, 0.2) is 24.4 Å². The highest BCUT2D eigenvalue weighted by Crippen LogP contribution is 2.37. The van der Waals surface area contributed by atoms with E-state index in [2.05, 4.69) is 29.5 Å². The van der Waals surface area contributed by atoms with Crippen molar-refractivity contribution in [1.29, 1.82) is 0 Å². The molecular weight excluding hydrogens is 200 g/mol. The van der Waals surface area contributed by atoms with E-state index in [9.17, 15) is 0 Å². The Morgan fingerprint density at radius 2 is 2.31 bits per heavy atom. The molecule has 1 aromatic carbocycles. The van der Waals surface area contributed by atoms with E-state index in [1.165, 1.54) is 22.3 Å². The third-order valence-electron chi connectivity index (χ3n) is 3.10. The molecule has 0 saturated carbocycles. The summed E-state index contributed by atoms with van der Waals surface area (Å²) in [4.78, 5) is 0. The molecule has 1 heterocycles. The monoisotopic (exact) mass is 214 g/mol. The number of aryl methyl sites for hydroxylation is 1. The molecule has 3 nitrogen and oxygen atoms in total. The first-order valence-electron chi connectivity index (χ1n) is 5.42. The molecule has 0 spiro atoms. The highest BCUT2D eigenvalue weighted by molar-refractivity contribution is 5.74. The molecule has 0 amide bonds. The first-order valence-corrected chi connectivity index (χ1v) is 5.42. The van der Waals surface area contributed by atoms with E-state index in [4.69, 9.17) is 4.74 Å². The van der Waals surface area contributed by atoms with Gasteiger partial charge in [0.25, 0.3) is 0 Å². The van der Waals surface area contributed by atoms with Gasteiger partial charge in [-0.05, 0) is 11.1 Å². The topological polar surface area (TPSA) is 27.1 Å². The van der Waals surface area contributed by atoms with E-state index >= 15 is 0 Å². The van der Waals surface area contributed by atoms with Gasteiger partial charge in [-0.15, -0.1) is 0 Å². The minimum absolute atomic E-state index is 0.680. The molecule has 0 N–H and O–H groups in total. The van der Waals surface area contributed by atoms with Gasteiger partial charge in [-0.25, -0.2) is 0 Å². The molecular formula is C13H14N2O. The van der Waals surface area contributed by atoms with Crippen LogP contribution in [0.5, 0.6) is 0 Å². The Bertz CT molecular complexity index is 543. The lowest BCUT2D eigenvalue weighted by Gasteiger charge is -2.07. The molecule has 0 saturated heterocycles. The molecule has 0 fully saturated rings. The van der Waals surface area contributed by atoms with Gasteiger partial charge in [-0.1, -0.05) is 18.2 Å². The number of benzene rings is 1. The van der Waals surface area contributed by atoms with Crippen LogP contribution in [0.25, 0.3) is 11.3 Å². The van der Waals surface area contributed by atoms with Gasteiger partial charge in [0.05, 0.1) is 12.3 Å². The van der Waals surface area contributed by atoms with Crippen molar-refractivity contribution in [1.82, 2.24) is 9.78 Å². The van der Waals surface area contributed by atoms with Gasteiger partial charge in [0.15, 0.2) is 0 Å². The Morgan fingerprint density at radius 1 is 1.44 bits per heavy atom. The highest BCUT2D eigenvalue weighted by Gasteiger charge is 2.23. The summed E-state index contributed by atoms with van der Waals surface area (Å²) in [7, 11) is 3.71. The van der Waals surface area contributed by atoms with Crippen LogP contribution >= 0.6 is 0 Å². The fraction of sp³-hybridized carbons (Fsp3) is 0.308. The minimum Gasteiger partial charge on any atom is -0.380 e. The van der Waals surface area contributed by atoms with Gasteiger partial charge in [0.1, 0.15) is 0 Å². The van der Waals surface area contributed by atoms with Gasteiger partial charge in [-0.3, -0.25) is 4.68 Å². The lowest BCUT2D eigenvalue weighted by atomic mass is 10.0. The average Bonchev–Trinajstić information content (AvgIpc) is 2.76. The summed E-state index contributed by atoms with van der Waals surface area (Å²) in [5, 5.41) is 4.51. The maximum Gasteiger partial charge on any atom is 0.0961 e. The Morgan fingerprint density at radius 3 is 3.12 bits per heavy atom. The summed E-state index contributed by atoms with van der Waals surface area (Å²) in [6, 6.07) is 6.36. The normalized spacial score (nSPS) is 12.6. The number of ether oxygens (including phenoxy) is 1. The van der Waals surface area contributed by atoms with Crippen molar-refractivity contribution in [3.05, 3.63) is 41.1 Å². The van der Waals surface area contributed by atoms with Gasteiger partial charge in [0.2, 0.25) is 0 Å². The molecule has 0 radical (unpaired) electrons. The Labute approximate surface area is 94.7 Å². The fourth-order valence-electron chi connectivity index (χ4n) is 2.44. The number of methoxy groups -OCH3 is 1. The smallest absolute Gasteiger partial charge is 0.0961 e. The van der Waals surface area contributed by atoms with Crippen LogP contribution in [0.2, 0.25) is 0 Å². The summed E-state index contributed by atoms with van der Waals surface area (Å²) >= 11 is 0. The van der Waals surface area contributed by atoms with E-state index in [-0.39, 0.29) is 0 Å². The van der Waals surface area contributed by atoms with Gasteiger partial charge < -0.3 is 4.74 Å². The molecule has 3 heteroatoms. The van der Waals surface area contributed by atoms with Gasteiger partial charge in [0, 0.05) is 37.9 Å². The van der Waals surface area contributed by atoms with Crippen LogP contribution in [-0.2, 0) is 24.8 Å². The fourth-order valence-corrected chi connectivity index (χ4v) is 2.44. The molecule has 16 heavy (non-hydrogen) atoms. The Hall–Kier alpha value is -1.61. The number of rotatable bonds is 2. The second-order valence-corrected chi connectivity index (χ2v) is 4.23. The van der Waals surface area contributed by atoms with Crippen LogP contribution in [0.1, 0.15) is 16.7 Å².